The predicted molar refractivity (Wildman–Crippen MR) is 64.2 cm³/mol. The molecule has 1 amide bonds. The van der Waals surface area contributed by atoms with Gasteiger partial charge in [-0.2, -0.15) is 5.10 Å². The van der Waals surface area contributed by atoms with Gasteiger partial charge in [0, 0.05) is 13.1 Å². The second-order valence-corrected chi connectivity index (χ2v) is 5.31. The topological polar surface area (TPSA) is 88.3 Å². The molecule has 7 nitrogen and oxygen atoms in total. The average Bonchev–Trinajstić information content (AvgIpc) is 3.06. The minimum absolute atomic E-state index is 0.102. The Labute approximate surface area is 110 Å². The number of carbonyl (C=O) groups is 2. The molecule has 1 aromatic heterocycles. The maximum atomic E-state index is 12.3. The highest BCUT2D eigenvalue weighted by atomic mass is 16.4. The Morgan fingerprint density at radius 3 is 2.74 bits per heavy atom. The van der Waals surface area contributed by atoms with Gasteiger partial charge >= 0.3 is 5.97 Å². The van der Waals surface area contributed by atoms with Crippen molar-refractivity contribution < 1.29 is 14.7 Å². The van der Waals surface area contributed by atoms with Crippen molar-refractivity contribution in [2.24, 2.45) is 5.41 Å². The summed E-state index contributed by atoms with van der Waals surface area (Å²) in [6, 6.07) is 0.102. The van der Waals surface area contributed by atoms with E-state index >= 15 is 0 Å². The zero-order valence-electron chi connectivity index (χ0n) is 10.5. The number of amides is 1. The molecular formula is C12H16N4O3. The molecular weight excluding hydrogens is 248 g/mol. The van der Waals surface area contributed by atoms with Gasteiger partial charge in [-0.1, -0.05) is 0 Å². The fourth-order valence-corrected chi connectivity index (χ4v) is 2.71. The second-order valence-electron chi connectivity index (χ2n) is 5.31. The third-order valence-electron chi connectivity index (χ3n) is 4.06. The summed E-state index contributed by atoms with van der Waals surface area (Å²) in [4.78, 5) is 29.1. The molecule has 1 unspecified atom stereocenters. The van der Waals surface area contributed by atoms with E-state index in [1.165, 1.54) is 6.33 Å². The van der Waals surface area contributed by atoms with E-state index in [1.54, 1.807) is 15.9 Å². The van der Waals surface area contributed by atoms with Crippen molar-refractivity contribution in [2.45, 2.75) is 31.7 Å². The SMILES string of the molecule is O=C(O)C1(C(=O)N2CCCC(n3cncn3)C2)CC1. The lowest BCUT2D eigenvalue weighted by Crippen LogP contribution is -2.46. The minimum atomic E-state index is -1.13. The molecule has 0 aromatic carbocycles. The van der Waals surface area contributed by atoms with Crippen molar-refractivity contribution in [1.82, 2.24) is 19.7 Å². The van der Waals surface area contributed by atoms with Crippen molar-refractivity contribution in [1.29, 1.82) is 0 Å². The molecule has 1 N–H and O–H groups in total. The molecule has 0 radical (unpaired) electrons. The number of rotatable bonds is 3. The van der Waals surface area contributed by atoms with Crippen molar-refractivity contribution >= 4 is 11.9 Å². The average molecular weight is 264 g/mol. The summed E-state index contributed by atoms with van der Waals surface area (Å²) in [6.45, 7) is 1.16. The van der Waals surface area contributed by atoms with E-state index in [-0.39, 0.29) is 11.9 Å². The van der Waals surface area contributed by atoms with Crippen molar-refractivity contribution in [2.75, 3.05) is 13.1 Å². The highest BCUT2D eigenvalue weighted by Gasteiger charge is 2.58. The van der Waals surface area contributed by atoms with Crippen LogP contribution in [0.5, 0.6) is 0 Å². The number of aromatic nitrogens is 3. The molecule has 1 saturated heterocycles. The number of piperidine rings is 1. The quantitative estimate of drug-likeness (QED) is 0.793. The fourth-order valence-electron chi connectivity index (χ4n) is 2.71. The van der Waals surface area contributed by atoms with Crippen molar-refractivity contribution in [3.63, 3.8) is 0 Å². The number of hydrogen-bond acceptors (Lipinski definition) is 4. The minimum Gasteiger partial charge on any atom is -0.480 e. The lowest BCUT2D eigenvalue weighted by molar-refractivity contribution is -0.154. The maximum Gasteiger partial charge on any atom is 0.319 e. The Bertz CT molecular complexity index is 495. The van der Waals surface area contributed by atoms with Crippen LogP contribution in [0.4, 0.5) is 0 Å². The van der Waals surface area contributed by atoms with Gasteiger partial charge in [0.25, 0.3) is 0 Å². The molecule has 7 heteroatoms. The van der Waals surface area contributed by atoms with Gasteiger partial charge in [0.05, 0.1) is 6.04 Å². The summed E-state index contributed by atoms with van der Waals surface area (Å²) < 4.78 is 1.75. The highest BCUT2D eigenvalue weighted by molar-refractivity contribution is 6.04. The van der Waals surface area contributed by atoms with Gasteiger partial charge in [-0.05, 0) is 25.7 Å². The first-order chi connectivity index (χ1) is 9.13. The molecule has 0 spiro atoms. The highest BCUT2D eigenvalue weighted by Crippen LogP contribution is 2.48. The van der Waals surface area contributed by atoms with Crippen LogP contribution >= 0.6 is 0 Å². The van der Waals surface area contributed by atoms with Crippen LogP contribution in [-0.2, 0) is 9.59 Å². The standard InChI is InChI=1S/C12H16N4O3/c17-10(12(3-4-12)11(18)19)15-5-1-2-9(6-15)16-8-13-7-14-16/h7-9H,1-6H2,(H,18,19). The lowest BCUT2D eigenvalue weighted by Gasteiger charge is -2.34. The van der Waals surface area contributed by atoms with Gasteiger partial charge in [-0.3, -0.25) is 9.59 Å². The van der Waals surface area contributed by atoms with Gasteiger partial charge in [-0.15, -0.1) is 0 Å². The van der Waals surface area contributed by atoms with Crippen LogP contribution < -0.4 is 0 Å². The molecule has 1 atom stereocenters. The third kappa shape index (κ3) is 1.98. The zero-order valence-corrected chi connectivity index (χ0v) is 10.5. The summed E-state index contributed by atoms with van der Waals surface area (Å²) in [5, 5.41) is 13.3. The maximum absolute atomic E-state index is 12.3. The number of likely N-dealkylation sites (tertiary alicyclic amines) is 1. The summed E-state index contributed by atoms with van der Waals surface area (Å²) in [5.74, 6) is -1.22. The molecule has 1 aliphatic heterocycles. The predicted octanol–water partition coefficient (Wildman–Crippen LogP) is 0.306. The largest absolute Gasteiger partial charge is 0.480 e. The number of carbonyl (C=O) groups excluding carboxylic acids is 1. The Morgan fingerprint density at radius 2 is 2.16 bits per heavy atom. The molecule has 3 rings (SSSR count). The molecule has 1 saturated carbocycles. The Kier molecular flexibility index (Phi) is 2.76. The van der Waals surface area contributed by atoms with E-state index in [0.29, 0.717) is 25.9 Å². The van der Waals surface area contributed by atoms with E-state index in [4.69, 9.17) is 0 Å². The van der Waals surface area contributed by atoms with Gasteiger partial charge in [0.1, 0.15) is 18.1 Å². The monoisotopic (exact) mass is 264 g/mol. The summed E-state index contributed by atoms with van der Waals surface area (Å²) in [5.41, 5.74) is -1.13. The lowest BCUT2D eigenvalue weighted by atomic mass is 10.0. The van der Waals surface area contributed by atoms with E-state index < -0.39 is 11.4 Å². The van der Waals surface area contributed by atoms with Crippen LogP contribution in [0.25, 0.3) is 0 Å². The third-order valence-corrected chi connectivity index (χ3v) is 4.06. The zero-order chi connectivity index (χ0) is 13.5. The van der Waals surface area contributed by atoms with Gasteiger partial charge in [0.2, 0.25) is 5.91 Å². The molecule has 102 valence electrons. The van der Waals surface area contributed by atoms with Crippen LogP contribution in [0.1, 0.15) is 31.7 Å². The Hall–Kier alpha value is -1.92. The summed E-state index contributed by atoms with van der Waals surface area (Å²) in [7, 11) is 0. The van der Waals surface area contributed by atoms with E-state index in [1.807, 2.05) is 0 Å². The van der Waals surface area contributed by atoms with Crippen LogP contribution in [0.3, 0.4) is 0 Å². The van der Waals surface area contributed by atoms with Gasteiger partial charge in [-0.25, -0.2) is 9.67 Å². The Balaban J connectivity index is 1.72. The van der Waals surface area contributed by atoms with Crippen LogP contribution in [-0.4, -0.2) is 49.7 Å². The summed E-state index contributed by atoms with van der Waals surface area (Å²) >= 11 is 0. The first-order valence-electron chi connectivity index (χ1n) is 6.50. The Morgan fingerprint density at radius 1 is 1.37 bits per heavy atom. The molecule has 2 aliphatic rings. The number of aliphatic carboxylic acids is 1. The van der Waals surface area contributed by atoms with E-state index in [2.05, 4.69) is 10.1 Å². The molecule has 0 bridgehead atoms. The fraction of sp³-hybridized carbons (Fsp3) is 0.667. The van der Waals surface area contributed by atoms with Crippen LogP contribution in [0, 0.1) is 5.41 Å². The van der Waals surface area contributed by atoms with Crippen LogP contribution in [0.2, 0.25) is 0 Å². The van der Waals surface area contributed by atoms with E-state index in [0.717, 1.165) is 12.8 Å². The molecule has 1 aromatic rings. The molecule has 1 aliphatic carbocycles. The van der Waals surface area contributed by atoms with Gasteiger partial charge in [0.15, 0.2) is 0 Å². The number of carboxylic acids is 1. The molecule has 2 fully saturated rings. The molecule has 2 heterocycles. The van der Waals surface area contributed by atoms with Gasteiger partial charge < -0.3 is 10.0 Å². The van der Waals surface area contributed by atoms with Crippen molar-refractivity contribution in [3.8, 4) is 0 Å². The summed E-state index contributed by atoms with van der Waals surface area (Å²) in [6.07, 6.45) is 5.85. The molecule has 19 heavy (non-hydrogen) atoms. The number of carboxylic acid groups (broad SMARTS) is 1. The second kappa shape index (κ2) is 4.32. The first kappa shape index (κ1) is 12.1. The van der Waals surface area contributed by atoms with Crippen LogP contribution in [0.15, 0.2) is 12.7 Å². The first-order valence-corrected chi connectivity index (χ1v) is 6.50. The smallest absolute Gasteiger partial charge is 0.319 e. The normalized spacial score (nSPS) is 25.1. The van der Waals surface area contributed by atoms with E-state index in [9.17, 15) is 14.7 Å². The van der Waals surface area contributed by atoms with Crippen molar-refractivity contribution in [3.05, 3.63) is 12.7 Å². The number of nitrogens with zero attached hydrogens (tertiary/aromatic N) is 4. The number of hydrogen-bond donors (Lipinski definition) is 1.